The van der Waals surface area contributed by atoms with Crippen molar-refractivity contribution < 1.29 is 22.7 Å². The number of rotatable bonds is 4. The average Bonchev–Trinajstić information content (AvgIpc) is 2.76. The molecule has 8 nitrogen and oxygen atoms in total. The van der Waals surface area contributed by atoms with Gasteiger partial charge in [0.05, 0.1) is 27.2 Å². The molecule has 0 saturated carbocycles. The van der Waals surface area contributed by atoms with Crippen LogP contribution in [0.25, 0.3) is 0 Å². The number of carbonyl (C=O) groups is 2. The van der Waals surface area contributed by atoms with Crippen LogP contribution in [-0.2, 0) is 19.6 Å². The quantitative estimate of drug-likeness (QED) is 0.678. The number of carbonyl (C=O) groups excluding carboxylic acids is 2. The van der Waals surface area contributed by atoms with Crippen molar-refractivity contribution in [3.63, 3.8) is 0 Å². The van der Waals surface area contributed by atoms with Gasteiger partial charge in [-0.05, 0) is 62.9 Å². The Morgan fingerprint density at radius 2 is 2.00 bits per heavy atom. The van der Waals surface area contributed by atoms with Crippen molar-refractivity contribution in [3.8, 4) is 5.75 Å². The Kier molecular flexibility index (Phi) is 6.39. The summed E-state index contributed by atoms with van der Waals surface area (Å²) < 4.78 is 33.9. The van der Waals surface area contributed by atoms with Crippen LogP contribution in [0.3, 0.4) is 0 Å². The lowest BCUT2D eigenvalue weighted by Gasteiger charge is -2.32. The number of benzene rings is 2. The highest BCUT2D eigenvalue weighted by molar-refractivity contribution is 7.89. The largest absolute Gasteiger partial charge is 0.479 e. The second-order valence-electron chi connectivity index (χ2n) is 8.54. The molecule has 0 spiro atoms. The zero-order chi connectivity index (χ0) is 23.9. The highest BCUT2D eigenvalue weighted by Gasteiger charge is 2.35. The summed E-state index contributed by atoms with van der Waals surface area (Å²) in [6.45, 7) is 5.57. The maximum absolute atomic E-state index is 13.5. The fraction of sp³-hybridized carbons (Fsp3) is 0.391. The van der Waals surface area contributed by atoms with Crippen molar-refractivity contribution >= 4 is 44.8 Å². The van der Waals surface area contributed by atoms with E-state index in [2.05, 4.69) is 10.6 Å². The summed E-state index contributed by atoms with van der Waals surface area (Å²) in [7, 11) is -3.88. The minimum Gasteiger partial charge on any atom is -0.479 e. The topological polar surface area (TPSA) is 105 Å². The van der Waals surface area contributed by atoms with E-state index < -0.39 is 22.0 Å². The normalized spacial score (nSPS) is 21.0. The van der Waals surface area contributed by atoms with Gasteiger partial charge >= 0.3 is 0 Å². The smallest absolute Gasteiger partial charge is 0.265 e. The molecule has 2 heterocycles. The summed E-state index contributed by atoms with van der Waals surface area (Å²) in [5.74, 6) is -0.732. The number of piperidine rings is 1. The van der Waals surface area contributed by atoms with Gasteiger partial charge in [0.1, 0.15) is 5.75 Å². The third-order valence-corrected chi connectivity index (χ3v) is 8.28. The molecule has 2 N–H and O–H groups in total. The molecule has 0 radical (unpaired) electrons. The molecule has 2 amide bonds. The number of hydrogen-bond donors (Lipinski definition) is 2. The number of nitrogens with one attached hydrogen (secondary N) is 2. The summed E-state index contributed by atoms with van der Waals surface area (Å²) in [6.07, 6.45) is 0.427. The first-order valence-electron chi connectivity index (χ1n) is 10.8. The average molecular weight is 492 g/mol. The van der Waals surface area contributed by atoms with Crippen LogP contribution in [0, 0.1) is 19.8 Å². The molecular formula is C23H26ClN3O5S. The van der Waals surface area contributed by atoms with E-state index in [0.29, 0.717) is 47.1 Å². The zero-order valence-electron chi connectivity index (χ0n) is 18.6. The molecule has 1 fully saturated rings. The highest BCUT2D eigenvalue weighted by atomic mass is 35.5. The van der Waals surface area contributed by atoms with E-state index >= 15 is 0 Å². The maximum Gasteiger partial charge on any atom is 0.265 e. The lowest BCUT2D eigenvalue weighted by molar-refractivity contribution is -0.123. The number of halogens is 1. The first-order chi connectivity index (χ1) is 15.6. The van der Waals surface area contributed by atoms with Crippen LogP contribution in [-0.4, -0.2) is 43.7 Å². The van der Waals surface area contributed by atoms with Gasteiger partial charge in [0.2, 0.25) is 15.9 Å². The van der Waals surface area contributed by atoms with Crippen LogP contribution < -0.4 is 15.4 Å². The number of hydrogen-bond acceptors (Lipinski definition) is 5. The SMILES string of the molecule is Cc1ccc(NC(=O)[C@H]2CCCN(S(=O)(=O)c3cc4c(cc3C)NC(=O)[C@@H](C)O4)C2)c(Cl)c1. The fourth-order valence-electron chi connectivity index (χ4n) is 4.09. The van der Waals surface area contributed by atoms with Crippen molar-refractivity contribution in [2.45, 2.75) is 44.6 Å². The number of ether oxygens (including phenoxy) is 1. The number of amides is 2. The molecule has 176 valence electrons. The Labute approximate surface area is 198 Å². The third kappa shape index (κ3) is 4.71. The first-order valence-corrected chi connectivity index (χ1v) is 12.6. The second kappa shape index (κ2) is 8.96. The van der Waals surface area contributed by atoms with Crippen molar-refractivity contribution in [2.24, 2.45) is 5.92 Å². The minimum absolute atomic E-state index is 0.0716. The van der Waals surface area contributed by atoms with Gasteiger partial charge < -0.3 is 15.4 Å². The number of nitrogens with zero attached hydrogens (tertiary/aromatic N) is 1. The van der Waals surface area contributed by atoms with Gasteiger partial charge in [0.15, 0.2) is 6.10 Å². The molecular weight excluding hydrogens is 466 g/mol. The Morgan fingerprint density at radius 1 is 1.24 bits per heavy atom. The Bertz CT molecular complexity index is 1230. The summed E-state index contributed by atoms with van der Waals surface area (Å²) in [6, 6.07) is 8.40. The zero-order valence-corrected chi connectivity index (χ0v) is 20.2. The van der Waals surface area contributed by atoms with E-state index in [9.17, 15) is 18.0 Å². The molecule has 1 saturated heterocycles. The lowest BCUT2D eigenvalue weighted by Crippen LogP contribution is -2.44. The number of aryl methyl sites for hydroxylation is 2. The number of fused-ring (bicyclic) bond motifs is 1. The van der Waals surface area contributed by atoms with Crippen LogP contribution >= 0.6 is 11.6 Å². The van der Waals surface area contributed by atoms with Gasteiger partial charge in [0, 0.05) is 19.2 Å². The van der Waals surface area contributed by atoms with Crippen LogP contribution in [0.1, 0.15) is 30.9 Å². The molecule has 4 rings (SSSR count). The first kappa shape index (κ1) is 23.5. The molecule has 0 bridgehead atoms. The highest BCUT2D eigenvalue weighted by Crippen LogP contribution is 2.36. The van der Waals surface area contributed by atoms with E-state index in [1.54, 1.807) is 32.0 Å². The maximum atomic E-state index is 13.5. The summed E-state index contributed by atoms with van der Waals surface area (Å²) in [5.41, 5.74) is 2.42. The van der Waals surface area contributed by atoms with Crippen molar-refractivity contribution in [1.82, 2.24) is 4.31 Å². The van der Waals surface area contributed by atoms with Gasteiger partial charge in [-0.15, -0.1) is 0 Å². The molecule has 0 unspecified atom stereocenters. The molecule has 0 aromatic heterocycles. The minimum atomic E-state index is -3.88. The Balaban J connectivity index is 1.54. The molecule has 10 heteroatoms. The molecule has 2 atom stereocenters. The number of anilines is 2. The van der Waals surface area contributed by atoms with E-state index in [-0.39, 0.29) is 23.3 Å². The van der Waals surface area contributed by atoms with E-state index in [0.717, 1.165) is 5.56 Å². The van der Waals surface area contributed by atoms with E-state index in [1.807, 2.05) is 13.0 Å². The lowest BCUT2D eigenvalue weighted by atomic mass is 9.98. The molecule has 2 aromatic carbocycles. The molecule has 2 aromatic rings. The van der Waals surface area contributed by atoms with Crippen molar-refractivity contribution in [2.75, 3.05) is 23.7 Å². The molecule has 2 aliphatic rings. The molecule has 33 heavy (non-hydrogen) atoms. The Hall–Kier alpha value is -2.62. The summed E-state index contributed by atoms with van der Waals surface area (Å²) in [4.78, 5) is 24.8. The standard InChI is InChI=1S/C23H26ClN3O5S/c1-13-6-7-18(17(24)9-13)25-23(29)16-5-4-8-27(12-16)33(30,31)21-11-20-19(10-14(21)2)26-22(28)15(3)32-20/h6-7,9-11,15-16H,4-5,8,12H2,1-3H3,(H,25,29)(H,26,28)/t15-,16+/m1/s1. The van der Waals surface area contributed by atoms with Crippen molar-refractivity contribution in [1.29, 1.82) is 0 Å². The van der Waals surface area contributed by atoms with Crippen LogP contribution in [0.5, 0.6) is 5.75 Å². The van der Waals surface area contributed by atoms with E-state index in [4.69, 9.17) is 16.3 Å². The van der Waals surface area contributed by atoms with Crippen LogP contribution in [0.15, 0.2) is 35.2 Å². The van der Waals surface area contributed by atoms with Crippen LogP contribution in [0.4, 0.5) is 11.4 Å². The van der Waals surface area contributed by atoms with Gasteiger partial charge in [-0.1, -0.05) is 17.7 Å². The third-order valence-electron chi connectivity index (χ3n) is 5.96. The Morgan fingerprint density at radius 3 is 2.73 bits per heavy atom. The van der Waals surface area contributed by atoms with Crippen molar-refractivity contribution in [3.05, 3.63) is 46.5 Å². The van der Waals surface area contributed by atoms with Gasteiger partial charge in [-0.2, -0.15) is 4.31 Å². The molecule has 2 aliphatic heterocycles. The predicted molar refractivity (Wildman–Crippen MR) is 126 cm³/mol. The predicted octanol–water partition coefficient (Wildman–Crippen LogP) is 3.72. The number of sulfonamides is 1. The van der Waals surface area contributed by atoms with Crippen LogP contribution in [0.2, 0.25) is 5.02 Å². The van der Waals surface area contributed by atoms with Gasteiger partial charge in [-0.25, -0.2) is 8.42 Å². The summed E-state index contributed by atoms with van der Waals surface area (Å²) in [5, 5.41) is 5.99. The second-order valence-corrected chi connectivity index (χ2v) is 10.9. The monoisotopic (exact) mass is 491 g/mol. The summed E-state index contributed by atoms with van der Waals surface area (Å²) >= 11 is 6.23. The van der Waals surface area contributed by atoms with E-state index in [1.165, 1.54) is 10.4 Å². The fourth-order valence-corrected chi connectivity index (χ4v) is 6.12. The molecule has 0 aliphatic carbocycles. The van der Waals surface area contributed by atoms with Gasteiger partial charge in [-0.3, -0.25) is 9.59 Å². The van der Waals surface area contributed by atoms with Gasteiger partial charge in [0.25, 0.3) is 5.91 Å².